The molecule has 2 heteroatoms. The van der Waals surface area contributed by atoms with Gasteiger partial charge in [0.1, 0.15) is 0 Å². The Labute approximate surface area is 105 Å². The minimum atomic E-state index is 0.157. The smallest absolute Gasteiger partial charge is 0.159 e. The molecule has 94 valence electrons. The van der Waals surface area contributed by atoms with E-state index in [1.807, 2.05) is 19.9 Å². The van der Waals surface area contributed by atoms with Crippen LogP contribution in [0.5, 0.6) is 0 Å². The highest BCUT2D eigenvalue weighted by atomic mass is 16.1. The Morgan fingerprint density at radius 1 is 1.24 bits per heavy atom. The van der Waals surface area contributed by atoms with Gasteiger partial charge in [0.25, 0.3) is 0 Å². The Kier molecular flexibility index (Phi) is 5.20. The van der Waals surface area contributed by atoms with Crippen LogP contribution in [0.3, 0.4) is 0 Å². The fourth-order valence-corrected chi connectivity index (χ4v) is 2.16. The molecule has 0 radical (unpaired) electrons. The number of aryl methyl sites for hydroxylation is 1. The van der Waals surface area contributed by atoms with Gasteiger partial charge in [-0.15, -0.1) is 0 Å². The molecule has 0 saturated heterocycles. The molecule has 0 unspecified atom stereocenters. The van der Waals surface area contributed by atoms with E-state index < -0.39 is 0 Å². The van der Waals surface area contributed by atoms with E-state index in [4.69, 9.17) is 0 Å². The van der Waals surface area contributed by atoms with Gasteiger partial charge in [-0.05, 0) is 49.9 Å². The van der Waals surface area contributed by atoms with Crippen LogP contribution in [0.25, 0.3) is 0 Å². The van der Waals surface area contributed by atoms with Crippen LogP contribution in [-0.4, -0.2) is 19.4 Å². The van der Waals surface area contributed by atoms with Gasteiger partial charge in [0.2, 0.25) is 0 Å². The Morgan fingerprint density at radius 2 is 1.94 bits per heavy atom. The molecule has 0 N–H and O–H groups in total. The lowest BCUT2D eigenvalue weighted by atomic mass is 10.0. The summed E-state index contributed by atoms with van der Waals surface area (Å²) < 4.78 is 0. The van der Waals surface area contributed by atoms with Crippen LogP contribution in [0.1, 0.15) is 49.5 Å². The molecule has 0 saturated carbocycles. The van der Waals surface area contributed by atoms with Crippen LogP contribution in [0.4, 0.5) is 5.69 Å². The van der Waals surface area contributed by atoms with Crippen molar-refractivity contribution in [3.63, 3.8) is 0 Å². The highest BCUT2D eigenvalue weighted by Crippen LogP contribution is 2.26. The number of carbonyl (C=O) groups excluding carboxylic acids is 1. The first-order valence-electron chi connectivity index (χ1n) is 6.53. The summed E-state index contributed by atoms with van der Waals surface area (Å²) in [6.45, 7) is 6.74. The van der Waals surface area contributed by atoms with Crippen LogP contribution < -0.4 is 4.90 Å². The van der Waals surface area contributed by atoms with Crippen LogP contribution in [0, 0.1) is 0 Å². The van der Waals surface area contributed by atoms with E-state index >= 15 is 0 Å². The van der Waals surface area contributed by atoms with Crippen molar-refractivity contribution in [3.8, 4) is 0 Å². The number of fused-ring (bicyclic) bond motifs is 1. The molecule has 0 bridgehead atoms. The first-order chi connectivity index (χ1) is 8.18. The standard InChI is InChI=1S/C13H17NO.C2H6/c1-10(15)11-6-7-13-12(9-11)5-3-4-8-14(13)2;1-2/h6-7,9H,3-5,8H2,1-2H3;1-2H3. The van der Waals surface area contributed by atoms with E-state index in [9.17, 15) is 4.79 Å². The van der Waals surface area contributed by atoms with Gasteiger partial charge in [-0.25, -0.2) is 0 Å². The molecule has 0 aliphatic carbocycles. The second-order valence-corrected chi connectivity index (χ2v) is 4.28. The lowest BCUT2D eigenvalue weighted by Gasteiger charge is -2.19. The second kappa shape index (κ2) is 6.43. The van der Waals surface area contributed by atoms with Gasteiger partial charge >= 0.3 is 0 Å². The summed E-state index contributed by atoms with van der Waals surface area (Å²) in [5.41, 5.74) is 3.45. The number of ketones is 1. The average molecular weight is 233 g/mol. The van der Waals surface area contributed by atoms with Crippen LogP contribution in [-0.2, 0) is 6.42 Å². The van der Waals surface area contributed by atoms with Gasteiger partial charge in [0.15, 0.2) is 5.78 Å². The van der Waals surface area contributed by atoms with Gasteiger partial charge in [-0.1, -0.05) is 13.8 Å². The second-order valence-electron chi connectivity index (χ2n) is 4.28. The fourth-order valence-electron chi connectivity index (χ4n) is 2.16. The molecule has 17 heavy (non-hydrogen) atoms. The molecule has 0 fully saturated rings. The first-order valence-corrected chi connectivity index (χ1v) is 6.53. The van der Waals surface area contributed by atoms with Gasteiger partial charge in [-0.2, -0.15) is 0 Å². The fraction of sp³-hybridized carbons (Fsp3) is 0.533. The highest BCUT2D eigenvalue weighted by Gasteiger charge is 2.13. The van der Waals surface area contributed by atoms with Gasteiger partial charge in [0.05, 0.1) is 0 Å². The topological polar surface area (TPSA) is 20.3 Å². The average Bonchev–Trinajstić information content (AvgIpc) is 2.53. The molecule has 1 aromatic rings. The number of nitrogens with zero attached hydrogens (tertiary/aromatic N) is 1. The number of hydrogen-bond donors (Lipinski definition) is 0. The van der Waals surface area contributed by atoms with E-state index in [1.54, 1.807) is 6.92 Å². The van der Waals surface area contributed by atoms with Gasteiger partial charge < -0.3 is 4.90 Å². The number of benzene rings is 1. The van der Waals surface area contributed by atoms with Crippen molar-refractivity contribution in [2.45, 2.75) is 40.0 Å². The normalized spacial score (nSPS) is 14.2. The lowest BCUT2D eigenvalue weighted by molar-refractivity contribution is 0.101. The van der Waals surface area contributed by atoms with Crippen LogP contribution >= 0.6 is 0 Å². The zero-order chi connectivity index (χ0) is 12.8. The quantitative estimate of drug-likeness (QED) is 0.689. The molecule has 0 aromatic heterocycles. The predicted octanol–water partition coefficient (Wildman–Crippen LogP) is 3.69. The minimum absolute atomic E-state index is 0.157. The summed E-state index contributed by atoms with van der Waals surface area (Å²) in [7, 11) is 2.12. The molecular weight excluding hydrogens is 210 g/mol. The van der Waals surface area contributed by atoms with Crippen molar-refractivity contribution in [3.05, 3.63) is 29.3 Å². The van der Waals surface area contributed by atoms with Gasteiger partial charge in [-0.3, -0.25) is 4.79 Å². The van der Waals surface area contributed by atoms with Crippen molar-refractivity contribution in [2.24, 2.45) is 0 Å². The summed E-state index contributed by atoms with van der Waals surface area (Å²) in [6, 6.07) is 6.07. The molecule has 1 aliphatic heterocycles. The molecular formula is C15H23NO. The molecule has 0 spiro atoms. The first kappa shape index (κ1) is 13.8. The maximum atomic E-state index is 11.3. The minimum Gasteiger partial charge on any atom is -0.374 e. The Bertz CT molecular complexity index is 385. The summed E-state index contributed by atoms with van der Waals surface area (Å²) in [6.07, 6.45) is 3.56. The van der Waals surface area contributed by atoms with Gasteiger partial charge in [0, 0.05) is 24.8 Å². The molecule has 0 atom stereocenters. The van der Waals surface area contributed by atoms with E-state index in [1.165, 1.54) is 24.1 Å². The Morgan fingerprint density at radius 3 is 2.59 bits per heavy atom. The Hall–Kier alpha value is -1.31. The van der Waals surface area contributed by atoms with Crippen molar-refractivity contribution in [2.75, 3.05) is 18.5 Å². The predicted molar refractivity (Wildman–Crippen MR) is 74.0 cm³/mol. The maximum Gasteiger partial charge on any atom is 0.159 e. The summed E-state index contributed by atoms with van der Waals surface area (Å²) in [5, 5.41) is 0. The molecule has 1 aromatic carbocycles. The number of Topliss-reactive ketones (excluding diaryl/α,β-unsaturated/α-hetero) is 1. The van der Waals surface area contributed by atoms with Crippen molar-refractivity contribution in [1.82, 2.24) is 0 Å². The zero-order valence-corrected chi connectivity index (χ0v) is 11.4. The number of carbonyl (C=O) groups is 1. The van der Waals surface area contributed by atoms with E-state index in [0.29, 0.717) is 0 Å². The number of rotatable bonds is 1. The number of anilines is 1. The van der Waals surface area contributed by atoms with E-state index in [0.717, 1.165) is 18.5 Å². The molecule has 2 rings (SSSR count). The summed E-state index contributed by atoms with van der Waals surface area (Å²) >= 11 is 0. The highest BCUT2D eigenvalue weighted by molar-refractivity contribution is 5.94. The van der Waals surface area contributed by atoms with Crippen LogP contribution in [0.15, 0.2) is 18.2 Å². The van der Waals surface area contributed by atoms with E-state index in [2.05, 4.69) is 24.1 Å². The third kappa shape index (κ3) is 3.32. The SMILES string of the molecule is CC.CC(=O)c1ccc2c(c1)CCCCN2C. The third-order valence-electron chi connectivity index (χ3n) is 3.09. The zero-order valence-electron chi connectivity index (χ0n) is 11.4. The Balaban J connectivity index is 0.000000686. The lowest BCUT2D eigenvalue weighted by Crippen LogP contribution is -2.17. The molecule has 2 nitrogen and oxygen atoms in total. The summed E-state index contributed by atoms with van der Waals surface area (Å²) in [5.74, 6) is 0.157. The van der Waals surface area contributed by atoms with Crippen LogP contribution in [0.2, 0.25) is 0 Å². The van der Waals surface area contributed by atoms with Crippen molar-refractivity contribution < 1.29 is 4.79 Å². The molecule has 0 amide bonds. The molecule has 1 aliphatic rings. The summed E-state index contributed by atoms with van der Waals surface area (Å²) in [4.78, 5) is 13.6. The van der Waals surface area contributed by atoms with E-state index in [-0.39, 0.29) is 5.78 Å². The van der Waals surface area contributed by atoms with Crippen molar-refractivity contribution >= 4 is 11.5 Å². The monoisotopic (exact) mass is 233 g/mol. The largest absolute Gasteiger partial charge is 0.374 e. The number of hydrogen-bond acceptors (Lipinski definition) is 2. The third-order valence-corrected chi connectivity index (χ3v) is 3.09. The molecule has 1 heterocycles. The van der Waals surface area contributed by atoms with Crippen molar-refractivity contribution in [1.29, 1.82) is 0 Å². The maximum absolute atomic E-state index is 11.3.